The number of nitrogens with zero attached hydrogens (tertiary/aromatic N) is 1. The van der Waals surface area contributed by atoms with Crippen LogP contribution in [0.15, 0.2) is 48.5 Å². The van der Waals surface area contributed by atoms with Crippen molar-refractivity contribution < 1.29 is 14.6 Å². The molecule has 0 unspecified atom stereocenters. The molecule has 1 heterocycles. The number of carbonyl (C=O) groups excluding carboxylic acids is 1. The predicted octanol–water partition coefficient (Wildman–Crippen LogP) is 3.25. The van der Waals surface area contributed by atoms with Crippen LogP contribution >= 0.6 is 0 Å². The maximum atomic E-state index is 12.2. The molecule has 4 heteroatoms. The highest BCUT2D eigenvalue weighted by molar-refractivity contribution is 5.79. The summed E-state index contributed by atoms with van der Waals surface area (Å²) in [7, 11) is 0. The van der Waals surface area contributed by atoms with Crippen molar-refractivity contribution in [2.24, 2.45) is 5.92 Å². The molecule has 0 radical (unpaired) electrons. The van der Waals surface area contributed by atoms with Crippen molar-refractivity contribution in [1.29, 1.82) is 0 Å². The maximum absolute atomic E-state index is 12.2. The zero-order chi connectivity index (χ0) is 16.7. The molecule has 2 aromatic rings. The number of hydrogen-bond acceptors (Lipinski definition) is 3. The summed E-state index contributed by atoms with van der Waals surface area (Å²) in [5.41, 5.74) is 4.90. The normalized spacial score (nSPS) is 17.8. The van der Waals surface area contributed by atoms with Crippen LogP contribution in [0.3, 0.4) is 0 Å². The van der Waals surface area contributed by atoms with Crippen LogP contribution in [-0.2, 0) is 4.74 Å². The summed E-state index contributed by atoms with van der Waals surface area (Å²) >= 11 is 0. The summed E-state index contributed by atoms with van der Waals surface area (Å²) in [6.07, 6.45) is -0.656. The molecular weight excluding hydrogens is 302 g/mol. The fourth-order valence-electron chi connectivity index (χ4n) is 3.65. The third-order valence-electron chi connectivity index (χ3n) is 5.19. The van der Waals surface area contributed by atoms with E-state index in [1.807, 2.05) is 24.3 Å². The van der Waals surface area contributed by atoms with E-state index in [4.69, 9.17) is 4.74 Å². The number of benzene rings is 2. The second-order valence-electron chi connectivity index (χ2n) is 6.71. The lowest BCUT2D eigenvalue weighted by Gasteiger charge is -2.39. The summed E-state index contributed by atoms with van der Waals surface area (Å²) in [6, 6.07) is 16.6. The van der Waals surface area contributed by atoms with Gasteiger partial charge in [0, 0.05) is 24.9 Å². The van der Waals surface area contributed by atoms with Crippen LogP contribution in [0, 0.1) is 5.92 Å². The summed E-state index contributed by atoms with van der Waals surface area (Å²) in [5.74, 6) is 0.265. The highest BCUT2D eigenvalue weighted by Crippen LogP contribution is 2.44. The molecule has 124 valence electrons. The molecule has 2 aromatic carbocycles. The first-order valence-electron chi connectivity index (χ1n) is 8.43. The molecule has 4 nitrogen and oxygen atoms in total. The molecule has 0 bridgehead atoms. The number of rotatable bonds is 3. The fourth-order valence-corrected chi connectivity index (χ4v) is 3.65. The Kier molecular flexibility index (Phi) is 3.77. The van der Waals surface area contributed by atoms with Gasteiger partial charge >= 0.3 is 6.09 Å². The number of likely N-dealkylation sites (tertiary alicyclic amines) is 1. The first kappa shape index (κ1) is 15.2. The summed E-state index contributed by atoms with van der Waals surface area (Å²) in [6.45, 7) is 3.27. The van der Waals surface area contributed by atoms with Gasteiger partial charge in [-0.25, -0.2) is 4.79 Å². The monoisotopic (exact) mass is 323 g/mol. The van der Waals surface area contributed by atoms with Gasteiger partial charge in [0.2, 0.25) is 0 Å². The molecule has 24 heavy (non-hydrogen) atoms. The summed E-state index contributed by atoms with van der Waals surface area (Å²) in [5, 5.41) is 9.51. The summed E-state index contributed by atoms with van der Waals surface area (Å²) < 4.78 is 5.58. The standard InChI is InChI=1S/C20H21NO3/c1-13(22)14-10-21(11-14)20(23)24-12-19-17-8-4-2-6-15(17)16-7-3-5-9-18(16)19/h2-9,13-14,19,22H,10-12H2,1H3/t13-/m0/s1. The number of hydrogen-bond donors (Lipinski definition) is 1. The van der Waals surface area contributed by atoms with Crippen LogP contribution < -0.4 is 0 Å². The lowest BCUT2D eigenvalue weighted by atomic mass is 9.95. The maximum Gasteiger partial charge on any atom is 0.409 e. The van der Waals surface area contributed by atoms with Crippen molar-refractivity contribution in [3.63, 3.8) is 0 Å². The number of amides is 1. The highest BCUT2D eigenvalue weighted by Gasteiger charge is 2.35. The Morgan fingerprint density at radius 2 is 1.67 bits per heavy atom. The second-order valence-corrected chi connectivity index (χ2v) is 6.71. The van der Waals surface area contributed by atoms with Gasteiger partial charge in [0.1, 0.15) is 6.61 Å². The minimum atomic E-state index is -0.373. The molecule has 1 aliphatic heterocycles. The SMILES string of the molecule is C[C@H](O)C1CN(C(=O)OCC2c3ccccc3-c3ccccc32)C1. The molecule has 1 saturated heterocycles. The van der Waals surface area contributed by atoms with Crippen molar-refractivity contribution in [1.82, 2.24) is 4.90 Å². The zero-order valence-electron chi connectivity index (χ0n) is 13.7. The van der Waals surface area contributed by atoms with Crippen molar-refractivity contribution in [2.45, 2.75) is 18.9 Å². The average Bonchev–Trinajstić information content (AvgIpc) is 2.85. The number of carbonyl (C=O) groups is 1. The van der Waals surface area contributed by atoms with Crippen LogP contribution in [0.2, 0.25) is 0 Å². The molecule has 0 spiro atoms. The van der Waals surface area contributed by atoms with Gasteiger partial charge in [-0.3, -0.25) is 0 Å². The molecule has 2 aliphatic rings. The molecule has 1 aliphatic carbocycles. The van der Waals surface area contributed by atoms with E-state index in [9.17, 15) is 9.90 Å². The molecule has 1 N–H and O–H groups in total. The molecule has 1 fully saturated rings. The predicted molar refractivity (Wildman–Crippen MR) is 91.8 cm³/mol. The van der Waals surface area contributed by atoms with Crippen LogP contribution in [0.1, 0.15) is 24.0 Å². The lowest BCUT2D eigenvalue weighted by molar-refractivity contribution is 0.00127. The Bertz CT molecular complexity index is 719. The zero-order valence-corrected chi connectivity index (χ0v) is 13.7. The lowest BCUT2D eigenvalue weighted by Crippen LogP contribution is -2.54. The number of aliphatic hydroxyl groups excluding tert-OH is 1. The van der Waals surface area contributed by atoms with Crippen LogP contribution in [-0.4, -0.2) is 41.9 Å². The van der Waals surface area contributed by atoms with Crippen LogP contribution in [0.5, 0.6) is 0 Å². The largest absolute Gasteiger partial charge is 0.448 e. The van der Waals surface area contributed by atoms with Gasteiger partial charge in [0.05, 0.1) is 6.10 Å². The molecule has 0 saturated carbocycles. The van der Waals surface area contributed by atoms with Gasteiger partial charge in [-0.15, -0.1) is 0 Å². The first-order valence-corrected chi connectivity index (χ1v) is 8.43. The van der Waals surface area contributed by atoms with E-state index in [0.717, 1.165) is 0 Å². The van der Waals surface area contributed by atoms with Crippen LogP contribution in [0.25, 0.3) is 11.1 Å². The Balaban J connectivity index is 1.47. The Hall–Kier alpha value is -2.33. The number of ether oxygens (including phenoxy) is 1. The van der Waals surface area contributed by atoms with E-state index in [-0.39, 0.29) is 24.0 Å². The van der Waals surface area contributed by atoms with E-state index in [2.05, 4.69) is 24.3 Å². The van der Waals surface area contributed by atoms with E-state index in [1.54, 1.807) is 11.8 Å². The third kappa shape index (κ3) is 2.47. The Labute approximate surface area is 141 Å². The van der Waals surface area contributed by atoms with E-state index in [1.165, 1.54) is 22.3 Å². The van der Waals surface area contributed by atoms with E-state index in [0.29, 0.717) is 19.7 Å². The van der Waals surface area contributed by atoms with Crippen molar-refractivity contribution in [3.8, 4) is 11.1 Å². The van der Waals surface area contributed by atoms with Gasteiger partial charge < -0.3 is 14.7 Å². The molecule has 4 rings (SSSR count). The van der Waals surface area contributed by atoms with Crippen LogP contribution in [0.4, 0.5) is 4.79 Å². The number of fused-ring (bicyclic) bond motifs is 3. The van der Waals surface area contributed by atoms with Crippen molar-refractivity contribution in [2.75, 3.05) is 19.7 Å². The molecule has 1 amide bonds. The Morgan fingerprint density at radius 1 is 1.12 bits per heavy atom. The molecule has 1 atom stereocenters. The van der Waals surface area contributed by atoms with Crippen molar-refractivity contribution >= 4 is 6.09 Å². The van der Waals surface area contributed by atoms with Gasteiger partial charge in [0.25, 0.3) is 0 Å². The van der Waals surface area contributed by atoms with E-state index >= 15 is 0 Å². The smallest absolute Gasteiger partial charge is 0.409 e. The quantitative estimate of drug-likeness (QED) is 0.943. The number of aliphatic hydroxyl groups is 1. The second kappa shape index (κ2) is 5.95. The summed E-state index contributed by atoms with van der Waals surface area (Å²) in [4.78, 5) is 13.9. The Morgan fingerprint density at radius 3 is 2.21 bits per heavy atom. The van der Waals surface area contributed by atoms with Gasteiger partial charge in [-0.2, -0.15) is 0 Å². The minimum absolute atomic E-state index is 0.0928. The minimum Gasteiger partial charge on any atom is -0.448 e. The van der Waals surface area contributed by atoms with E-state index < -0.39 is 0 Å². The first-order chi connectivity index (χ1) is 11.6. The molecule has 0 aromatic heterocycles. The third-order valence-corrected chi connectivity index (χ3v) is 5.19. The molecular formula is C20H21NO3. The average molecular weight is 323 g/mol. The fraction of sp³-hybridized carbons (Fsp3) is 0.350. The van der Waals surface area contributed by atoms with Gasteiger partial charge in [-0.1, -0.05) is 48.5 Å². The topological polar surface area (TPSA) is 49.8 Å². The van der Waals surface area contributed by atoms with Gasteiger partial charge in [-0.05, 0) is 29.2 Å². The van der Waals surface area contributed by atoms with Crippen molar-refractivity contribution in [3.05, 3.63) is 59.7 Å². The highest BCUT2D eigenvalue weighted by atomic mass is 16.6. The van der Waals surface area contributed by atoms with Gasteiger partial charge in [0.15, 0.2) is 0 Å².